The normalized spacial score (nSPS) is 26.5. The van der Waals surface area contributed by atoms with Gasteiger partial charge in [0.1, 0.15) is 0 Å². The first-order valence-corrected chi connectivity index (χ1v) is 5.61. The molecule has 0 amide bonds. The molecule has 1 aromatic carbocycles. The lowest BCUT2D eigenvalue weighted by Crippen LogP contribution is -2.25. The molecule has 1 N–H and O–H groups in total. The van der Waals surface area contributed by atoms with Gasteiger partial charge in [0.25, 0.3) is 0 Å². The molecule has 0 aromatic heterocycles. The molecule has 0 saturated carbocycles. The minimum atomic E-state index is 0.0879. The molecule has 2 nitrogen and oxygen atoms in total. The molecule has 1 aliphatic heterocycles. The maximum atomic E-state index is 9.33. The van der Waals surface area contributed by atoms with Crippen LogP contribution in [0.15, 0.2) is 24.3 Å². The van der Waals surface area contributed by atoms with Crippen molar-refractivity contribution >= 4 is 0 Å². The highest BCUT2D eigenvalue weighted by Crippen LogP contribution is 2.34. The van der Waals surface area contributed by atoms with Gasteiger partial charge in [-0.15, -0.1) is 0 Å². The third kappa shape index (κ3) is 2.21. The van der Waals surface area contributed by atoms with Crippen LogP contribution in [0.25, 0.3) is 0 Å². The summed E-state index contributed by atoms with van der Waals surface area (Å²) in [6, 6.07) is 8.28. The molecule has 1 aliphatic rings. The number of hydrogen-bond acceptors (Lipinski definition) is 2. The van der Waals surface area contributed by atoms with Gasteiger partial charge in [-0.05, 0) is 30.9 Å². The fourth-order valence-electron chi connectivity index (χ4n) is 2.28. The van der Waals surface area contributed by atoms with Crippen molar-refractivity contribution in [2.75, 3.05) is 13.2 Å². The maximum absolute atomic E-state index is 9.33. The van der Waals surface area contributed by atoms with E-state index in [1.54, 1.807) is 0 Å². The Bertz CT molecular complexity index is 322. The summed E-state index contributed by atoms with van der Waals surface area (Å²) in [6.45, 7) is 3.14. The first kappa shape index (κ1) is 10.7. The number of hydrogen-bond donors (Lipinski definition) is 1. The fourth-order valence-corrected chi connectivity index (χ4v) is 2.28. The molecule has 1 fully saturated rings. The molecule has 0 aliphatic carbocycles. The largest absolute Gasteiger partial charge is 0.396 e. The van der Waals surface area contributed by atoms with E-state index in [1.165, 1.54) is 11.1 Å². The monoisotopic (exact) mass is 206 g/mol. The second kappa shape index (κ2) is 4.77. The highest BCUT2D eigenvalue weighted by atomic mass is 16.5. The number of benzene rings is 1. The summed E-state index contributed by atoms with van der Waals surface area (Å²) in [5.74, 6) is 0.264. The van der Waals surface area contributed by atoms with E-state index in [2.05, 4.69) is 19.1 Å². The van der Waals surface area contributed by atoms with Crippen LogP contribution in [0.3, 0.4) is 0 Å². The molecule has 1 saturated heterocycles. The minimum Gasteiger partial charge on any atom is -0.396 e. The molecular weight excluding hydrogens is 188 g/mol. The molecular formula is C13H18O2. The lowest BCUT2D eigenvalue weighted by Gasteiger charge is -2.31. The van der Waals surface area contributed by atoms with Gasteiger partial charge in [-0.3, -0.25) is 0 Å². The van der Waals surface area contributed by atoms with Crippen LogP contribution in [0.2, 0.25) is 0 Å². The van der Waals surface area contributed by atoms with Gasteiger partial charge in [-0.2, -0.15) is 0 Å². The van der Waals surface area contributed by atoms with Crippen LogP contribution < -0.4 is 0 Å². The van der Waals surface area contributed by atoms with E-state index in [9.17, 15) is 5.11 Å². The van der Waals surface area contributed by atoms with Crippen LogP contribution in [0.1, 0.15) is 30.1 Å². The first-order valence-electron chi connectivity index (χ1n) is 5.61. The SMILES string of the molecule is Cc1ccccc1C1OCCCC1CO. The molecule has 82 valence electrons. The quantitative estimate of drug-likeness (QED) is 0.805. The number of aliphatic hydroxyl groups excluding tert-OH is 1. The van der Waals surface area contributed by atoms with Gasteiger partial charge in [0, 0.05) is 19.1 Å². The summed E-state index contributed by atoms with van der Waals surface area (Å²) in [7, 11) is 0. The lowest BCUT2D eigenvalue weighted by molar-refractivity contribution is -0.0460. The summed E-state index contributed by atoms with van der Waals surface area (Å²) in [4.78, 5) is 0. The van der Waals surface area contributed by atoms with Crippen molar-refractivity contribution in [2.24, 2.45) is 5.92 Å². The van der Waals surface area contributed by atoms with Crippen molar-refractivity contribution in [2.45, 2.75) is 25.9 Å². The second-order valence-corrected chi connectivity index (χ2v) is 4.23. The minimum absolute atomic E-state index is 0.0879. The molecule has 2 unspecified atom stereocenters. The van der Waals surface area contributed by atoms with Crippen molar-refractivity contribution < 1.29 is 9.84 Å². The highest BCUT2D eigenvalue weighted by Gasteiger charge is 2.27. The van der Waals surface area contributed by atoms with Gasteiger partial charge in [0.15, 0.2) is 0 Å². The maximum Gasteiger partial charge on any atom is 0.0877 e. The van der Waals surface area contributed by atoms with Crippen molar-refractivity contribution in [3.63, 3.8) is 0 Å². The standard InChI is InChI=1S/C13H18O2/c1-10-5-2-3-7-12(10)13-11(9-14)6-4-8-15-13/h2-3,5,7,11,13-14H,4,6,8-9H2,1H3. The van der Waals surface area contributed by atoms with Crippen LogP contribution in [0.5, 0.6) is 0 Å². The van der Waals surface area contributed by atoms with Crippen LogP contribution in [-0.2, 0) is 4.74 Å². The third-order valence-electron chi connectivity index (χ3n) is 3.17. The number of ether oxygens (including phenoxy) is 1. The number of aryl methyl sites for hydroxylation is 1. The van der Waals surface area contributed by atoms with E-state index in [0.29, 0.717) is 0 Å². The Morgan fingerprint density at radius 3 is 2.93 bits per heavy atom. The smallest absolute Gasteiger partial charge is 0.0877 e. The van der Waals surface area contributed by atoms with Crippen LogP contribution >= 0.6 is 0 Å². The second-order valence-electron chi connectivity index (χ2n) is 4.23. The Hall–Kier alpha value is -0.860. The molecule has 1 heterocycles. The van der Waals surface area contributed by atoms with E-state index in [4.69, 9.17) is 4.74 Å². The fraction of sp³-hybridized carbons (Fsp3) is 0.538. The Kier molecular flexibility index (Phi) is 3.39. The summed E-state index contributed by atoms with van der Waals surface area (Å²) < 4.78 is 5.79. The van der Waals surface area contributed by atoms with Crippen molar-refractivity contribution in [3.05, 3.63) is 35.4 Å². The average molecular weight is 206 g/mol. The Labute approximate surface area is 90.9 Å². The Morgan fingerprint density at radius 2 is 2.20 bits per heavy atom. The van der Waals surface area contributed by atoms with Gasteiger partial charge in [-0.1, -0.05) is 24.3 Å². The van der Waals surface area contributed by atoms with Gasteiger partial charge in [0.05, 0.1) is 6.10 Å². The summed E-state index contributed by atoms with van der Waals surface area (Å²) in [6.07, 6.45) is 2.22. The molecule has 2 heteroatoms. The molecule has 2 atom stereocenters. The average Bonchev–Trinajstić information content (AvgIpc) is 2.30. The highest BCUT2D eigenvalue weighted by molar-refractivity contribution is 5.28. The Morgan fingerprint density at radius 1 is 1.40 bits per heavy atom. The van der Waals surface area contributed by atoms with Crippen molar-refractivity contribution in [1.82, 2.24) is 0 Å². The topological polar surface area (TPSA) is 29.5 Å². The predicted molar refractivity (Wildman–Crippen MR) is 59.7 cm³/mol. The number of aliphatic hydroxyl groups is 1. The van der Waals surface area contributed by atoms with E-state index < -0.39 is 0 Å². The summed E-state index contributed by atoms with van der Waals surface area (Å²) in [5.41, 5.74) is 2.49. The third-order valence-corrected chi connectivity index (χ3v) is 3.17. The zero-order chi connectivity index (χ0) is 10.7. The summed E-state index contributed by atoms with van der Waals surface area (Å²) in [5, 5.41) is 9.33. The van der Waals surface area contributed by atoms with Crippen LogP contribution in [0.4, 0.5) is 0 Å². The summed E-state index contributed by atoms with van der Waals surface area (Å²) >= 11 is 0. The van der Waals surface area contributed by atoms with E-state index in [-0.39, 0.29) is 18.6 Å². The zero-order valence-electron chi connectivity index (χ0n) is 9.15. The van der Waals surface area contributed by atoms with Gasteiger partial charge in [0.2, 0.25) is 0 Å². The van der Waals surface area contributed by atoms with E-state index in [0.717, 1.165) is 19.4 Å². The number of rotatable bonds is 2. The van der Waals surface area contributed by atoms with E-state index >= 15 is 0 Å². The van der Waals surface area contributed by atoms with Crippen LogP contribution in [0, 0.1) is 12.8 Å². The van der Waals surface area contributed by atoms with Gasteiger partial charge in [-0.25, -0.2) is 0 Å². The van der Waals surface area contributed by atoms with Crippen molar-refractivity contribution in [1.29, 1.82) is 0 Å². The lowest BCUT2D eigenvalue weighted by atomic mass is 9.88. The molecule has 0 bridgehead atoms. The van der Waals surface area contributed by atoms with Crippen LogP contribution in [-0.4, -0.2) is 18.3 Å². The molecule has 0 radical (unpaired) electrons. The van der Waals surface area contributed by atoms with Gasteiger partial charge >= 0.3 is 0 Å². The molecule has 15 heavy (non-hydrogen) atoms. The van der Waals surface area contributed by atoms with Gasteiger partial charge < -0.3 is 9.84 Å². The predicted octanol–water partition coefficient (Wildman–Crippen LogP) is 2.46. The molecule has 1 aromatic rings. The zero-order valence-corrected chi connectivity index (χ0v) is 9.15. The first-order chi connectivity index (χ1) is 7.33. The molecule has 2 rings (SSSR count). The van der Waals surface area contributed by atoms with Crippen molar-refractivity contribution in [3.8, 4) is 0 Å². The van der Waals surface area contributed by atoms with E-state index in [1.807, 2.05) is 12.1 Å². The molecule has 0 spiro atoms. The Balaban J connectivity index is 2.24.